The van der Waals surface area contributed by atoms with Crippen molar-refractivity contribution in [2.45, 2.75) is 32.2 Å². The van der Waals surface area contributed by atoms with Crippen molar-refractivity contribution in [3.8, 4) is 0 Å². The number of thiophene rings is 1. The Kier molecular flexibility index (Phi) is 3.27. The van der Waals surface area contributed by atoms with Crippen molar-refractivity contribution < 1.29 is 4.39 Å². The van der Waals surface area contributed by atoms with Crippen molar-refractivity contribution in [1.82, 2.24) is 9.97 Å². The highest BCUT2D eigenvalue weighted by Crippen LogP contribution is 2.34. The Morgan fingerprint density at radius 3 is 3.00 bits per heavy atom. The molecular weight excluding hydrogens is 309 g/mol. The molecule has 0 amide bonds. The number of benzene rings is 1. The first-order valence-corrected chi connectivity index (χ1v) is 8.56. The van der Waals surface area contributed by atoms with Crippen molar-refractivity contribution in [1.29, 1.82) is 0 Å². The van der Waals surface area contributed by atoms with Crippen molar-refractivity contribution in [3.63, 3.8) is 0 Å². The third-order valence-corrected chi connectivity index (χ3v) is 5.40. The maximum atomic E-state index is 13.8. The average Bonchev–Trinajstić information content (AvgIpc) is 3.02. The molecule has 23 heavy (non-hydrogen) atoms. The SMILES string of the molecule is CCC1(C)Cc2ccsc2C(c2cnc3c(F)cccc3n2)=N1. The first-order chi connectivity index (χ1) is 11.1. The van der Waals surface area contributed by atoms with Gasteiger partial charge in [0.05, 0.1) is 22.1 Å². The van der Waals surface area contributed by atoms with Gasteiger partial charge in [0.1, 0.15) is 16.9 Å². The zero-order valence-electron chi connectivity index (χ0n) is 13.0. The summed E-state index contributed by atoms with van der Waals surface area (Å²) in [6.07, 6.45) is 3.54. The van der Waals surface area contributed by atoms with E-state index < -0.39 is 0 Å². The lowest BCUT2D eigenvalue weighted by atomic mass is 9.87. The van der Waals surface area contributed by atoms with E-state index >= 15 is 0 Å². The Morgan fingerprint density at radius 1 is 1.30 bits per heavy atom. The van der Waals surface area contributed by atoms with Crippen LogP contribution in [0.3, 0.4) is 0 Å². The summed E-state index contributed by atoms with van der Waals surface area (Å²) >= 11 is 1.68. The van der Waals surface area contributed by atoms with Gasteiger partial charge < -0.3 is 0 Å². The van der Waals surface area contributed by atoms with Gasteiger partial charge in [-0.05, 0) is 48.9 Å². The molecule has 0 saturated heterocycles. The van der Waals surface area contributed by atoms with Crippen LogP contribution in [-0.4, -0.2) is 21.2 Å². The molecule has 5 heteroatoms. The Hall–Kier alpha value is -2.14. The van der Waals surface area contributed by atoms with Crippen molar-refractivity contribution in [2.75, 3.05) is 0 Å². The second-order valence-electron chi connectivity index (χ2n) is 6.13. The molecule has 1 atom stereocenters. The van der Waals surface area contributed by atoms with E-state index in [0.717, 1.165) is 23.4 Å². The fraction of sp³-hybridized carbons (Fsp3) is 0.278. The van der Waals surface area contributed by atoms with Gasteiger partial charge in [-0.2, -0.15) is 0 Å². The third-order valence-electron chi connectivity index (χ3n) is 4.44. The van der Waals surface area contributed by atoms with Crippen LogP contribution in [0.25, 0.3) is 11.0 Å². The summed E-state index contributed by atoms with van der Waals surface area (Å²) in [5.74, 6) is -0.345. The molecule has 0 saturated carbocycles. The molecule has 0 radical (unpaired) electrons. The summed E-state index contributed by atoms with van der Waals surface area (Å²) in [5.41, 5.74) is 3.65. The van der Waals surface area contributed by atoms with Gasteiger partial charge in [0, 0.05) is 0 Å². The molecule has 116 valence electrons. The van der Waals surface area contributed by atoms with Crippen molar-refractivity contribution in [3.05, 3.63) is 57.8 Å². The number of rotatable bonds is 2. The molecule has 2 aromatic heterocycles. The van der Waals surface area contributed by atoms with Crippen LogP contribution in [0.2, 0.25) is 0 Å². The molecule has 3 heterocycles. The van der Waals surface area contributed by atoms with E-state index in [4.69, 9.17) is 4.99 Å². The molecular formula is C18H16FN3S. The van der Waals surface area contributed by atoms with Gasteiger partial charge in [-0.15, -0.1) is 11.3 Å². The molecule has 0 spiro atoms. The minimum Gasteiger partial charge on any atom is -0.275 e. The topological polar surface area (TPSA) is 38.1 Å². The van der Waals surface area contributed by atoms with Gasteiger partial charge in [0.25, 0.3) is 0 Å². The van der Waals surface area contributed by atoms with Gasteiger partial charge in [0.2, 0.25) is 0 Å². The minimum atomic E-state index is -0.345. The van der Waals surface area contributed by atoms with Crippen molar-refractivity contribution in [2.24, 2.45) is 4.99 Å². The van der Waals surface area contributed by atoms with Crippen LogP contribution in [0.5, 0.6) is 0 Å². The van der Waals surface area contributed by atoms with Crippen molar-refractivity contribution >= 4 is 28.1 Å². The number of aromatic nitrogens is 2. The number of para-hydroxylation sites is 1. The lowest BCUT2D eigenvalue weighted by molar-refractivity contribution is 0.449. The van der Waals surface area contributed by atoms with Crippen LogP contribution >= 0.6 is 11.3 Å². The molecule has 1 unspecified atom stereocenters. The van der Waals surface area contributed by atoms with Gasteiger partial charge in [-0.3, -0.25) is 4.99 Å². The fourth-order valence-electron chi connectivity index (χ4n) is 2.95. The molecule has 3 aromatic rings. The molecule has 1 aliphatic heterocycles. The molecule has 0 bridgehead atoms. The third kappa shape index (κ3) is 2.36. The van der Waals surface area contributed by atoms with E-state index in [2.05, 4.69) is 35.3 Å². The summed E-state index contributed by atoms with van der Waals surface area (Å²) in [6, 6.07) is 7.01. The average molecular weight is 325 g/mol. The Labute approximate surface area is 137 Å². The predicted molar refractivity (Wildman–Crippen MR) is 91.9 cm³/mol. The Morgan fingerprint density at radius 2 is 2.17 bits per heavy atom. The molecule has 4 rings (SSSR count). The van der Waals surface area contributed by atoms with Crippen LogP contribution in [-0.2, 0) is 6.42 Å². The highest BCUT2D eigenvalue weighted by atomic mass is 32.1. The standard InChI is InChI=1S/C18H16FN3S/c1-3-18(2)9-11-7-8-23-17(11)16(22-18)14-10-20-15-12(19)5-4-6-13(15)21-14/h4-8,10H,3,9H2,1-2H3. The van der Waals surface area contributed by atoms with Gasteiger partial charge in [-0.25, -0.2) is 14.4 Å². The summed E-state index contributed by atoms with van der Waals surface area (Å²) in [7, 11) is 0. The molecule has 0 fully saturated rings. The fourth-order valence-corrected chi connectivity index (χ4v) is 3.87. The highest BCUT2D eigenvalue weighted by Gasteiger charge is 2.31. The van der Waals surface area contributed by atoms with E-state index in [0.29, 0.717) is 16.7 Å². The summed E-state index contributed by atoms with van der Waals surface area (Å²) in [4.78, 5) is 15.0. The summed E-state index contributed by atoms with van der Waals surface area (Å²) < 4.78 is 13.8. The van der Waals surface area contributed by atoms with Crippen LogP contribution in [0, 0.1) is 5.82 Å². The highest BCUT2D eigenvalue weighted by molar-refractivity contribution is 7.12. The van der Waals surface area contributed by atoms with Crippen LogP contribution in [0.4, 0.5) is 4.39 Å². The zero-order valence-corrected chi connectivity index (χ0v) is 13.8. The first kappa shape index (κ1) is 14.5. The normalized spacial score (nSPS) is 20.4. The molecule has 3 nitrogen and oxygen atoms in total. The molecule has 0 aliphatic carbocycles. The Balaban J connectivity index is 1.92. The largest absolute Gasteiger partial charge is 0.275 e. The van der Waals surface area contributed by atoms with E-state index in [1.807, 2.05) is 0 Å². The number of nitrogens with zero attached hydrogens (tertiary/aromatic N) is 3. The van der Waals surface area contributed by atoms with Crippen LogP contribution in [0.1, 0.15) is 36.4 Å². The maximum absolute atomic E-state index is 13.8. The monoisotopic (exact) mass is 325 g/mol. The quantitative estimate of drug-likeness (QED) is 0.701. The zero-order chi connectivity index (χ0) is 16.0. The number of halogens is 1. The lowest BCUT2D eigenvalue weighted by Crippen LogP contribution is -2.31. The number of hydrogen-bond acceptors (Lipinski definition) is 4. The maximum Gasteiger partial charge on any atom is 0.151 e. The molecule has 0 N–H and O–H groups in total. The first-order valence-electron chi connectivity index (χ1n) is 7.68. The van der Waals surface area contributed by atoms with Crippen LogP contribution in [0.15, 0.2) is 40.8 Å². The van der Waals surface area contributed by atoms with E-state index in [9.17, 15) is 4.39 Å². The van der Waals surface area contributed by atoms with Gasteiger partial charge in [-0.1, -0.05) is 13.0 Å². The van der Waals surface area contributed by atoms with E-state index in [1.165, 1.54) is 11.6 Å². The Bertz CT molecular complexity index is 931. The predicted octanol–water partition coefficient (Wildman–Crippen LogP) is 4.39. The molecule has 1 aliphatic rings. The number of aliphatic imine (C=N–C) groups is 1. The number of hydrogen-bond donors (Lipinski definition) is 0. The van der Waals surface area contributed by atoms with Gasteiger partial charge >= 0.3 is 0 Å². The smallest absolute Gasteiger partial charge is 0.151 e. The van der Waals surface area contributed by atoms with E-state index in [1.54, 1.807) is 29.7 Å². The van der Waals surface area contributed by atoms with E-state index in [-0.39, 0.29) is 11.4 Å². The van der Waals surface area contributed by atoms with Gasteiger partial charge in [0.15, 0.2) is 5.82 Å². The minimum absolute atomic E-state index is 0.123. The lowest BCUT2D eigenvalue weighted by Gasteiger charge is -2.29. The van der Waals surface area contributed by atoms with Crippen LogP contribution < -0.4 is 0 Å². The second kappa shape index (κ2) is 5.20. The summed E-state index contributed by atoms with van der Waals surface area (Å²) in [5, 5.41) is 2.09. The number of fused-ring (bicyclic) bond motifs is 2. The summed E-state index contributed by atoms with van der Waals surface area (Å²) in [6.45, 7) is 4.32. The molecule has 1 aromatic carbocycles. The second-order valence-corrected chi connectivity index (χ2v) is 7.04.